The van der Waals surface area contributed by atoms with Crippen molar-refractivity contribution in [1.82, 2.24) is 15.0 Å². The van der Waals surface area contributed by atoms with Crippen molar-refractivity contribution >= 4 is 11.8 Å². The summed E-state index contributed by atoms with van der Waals surface area (Å²) in [7, 11) is 0. The third-order valence-electron chi connectivity index (χ3n) is 2.78. The van der Waals surface area contributed by atoms with E-state index in [1.807, 2.05) is 0 Å². The molecule has 1 aromatic heterocycles. The van der Waals surface area contributed by atoms with E-state index >= 15 is 0 Å². The maximum absolute atomic E-state index is 13.2. The third kappa shape index (κ3) is 1.65. The average Bonchev–Trinajstić information content (AvgIpc) is 2.73. The first-order valence-corrected chi connectivity index (χ1v) is 4.92. The van der Waals surface area contributed by atoms with Crippen LogP contribution in [0, 0.1) is 0 Å². The number of carbonyl (C=O) groups is 2. The molecule has 17 heavy (non-hydrogen) atoms. The molecule has 1 saturated heterocycles. The number of likely N-dealkylation sites (tertiary alicyclic amines) is 1. The SMILES string of the molecule is CC1(C)C(F)C(=O)N1Cc1noc(C(N)=O)n1. The van der Waals surface area contributed by atoms with E-state index in [-0.39, 0.29) is 18.3 Å². The molecule has 2 heterocycles. The van der Waals surface area contributed by atoms with Gasteiger partial charge in [0.25, 0.3) is 5.91 Å². The van der Waals surface area contributed by atoms with Crippen LogP contribution in [0.15, 0.2) is 4.52 Å². The summed E-state index contributed by atoms with van der Waals surface area (Å²) in [4.78, 5) is 27.0. The lowest BCUT2D eigenvalue weighted by Gasteiger charge is -2.49. The number of nitrogens with two attached hydrogens (primary N) is 1. The van der Waals surface area contributed by atoms with E-state index < -0.39 is 23.5 Å². The highest BCUT2D eigenvalue weighted by Gasteiger charge is 2.54. The molecule has 1 atom stereocenters. The molecule has 0 bridgehead atoms. The second-order valence-corrected chi connectivity index (χ2v) is 4.32. The van der Waals surface area contributed by atoms with Crippen molar-refractivity contribution in [2.75, 3.05) is 0 Å². The molecule has 92 valence electrons. The van der Waals surface area contributed by atoms with Gasteiger partial charge in [-0.3, -0.25) is 9.59 Å². The highest BCUT2D eigenvalue weighted by molar-refractivity contribution is 5.90. The van der Waals surface area contributed by atoms with E-state index in [0.29, 0.717) is 0 Å². The van der Waals surface area contributed by atoms with Crippen LogP contribution in [0.3, 0.4) is 0 Å². The summed E-state index contributed by atoms with van der Waals surface area (Å²) in [6, 6.07) is 0. The van der Waals surface area contributed by atoms with Gasteiger partial charge in [0, 0.05) is 0 Å². The summed E-state index contributed by atoms with van der Waals surface area (Å²) >= 11 is 0. The number of primary amides is 1. The van der Waals surface area contributed by atoms with Gasteiger partial charge in [0.2, 0.25) is 6.17 Å². The summed E-state index contributed by atoms with van der Waals surface area (Å²) in [6.45, 7) is 3.17. The Labute approximate surface area is 95.8 Å². The Balaban J connectivity index is 2.11. The number of alkyl halides is 1. The Morgan fingerprint density at radius 1 is 1.65 bits per heavy atom. The number of rotatable bonds is 3. The molecule has 0 aromatic carbocycles. The van der Waals surface area contributed by atoms with Crippen LogP contribution in [-0.4, -0.2) is 38.6 Å². The van der Waals surface area contributed by atoms with Crippen molar-refractivity contribution in [3.63, 3.8) is 0 Å². The van der Waals surface area contributed by atoms with Gasteiger partial charge in [0.1, 0.15) is 0 Å². The number of hydrogen-bond donors (Lipinski definition) is 1. The van der Waals surface area contributed by atoms with E-state index in [9.17, 15) is 14.0 Å². The molecule has 0 aliphatic carbocycles. The molecular formula is C9H11FN4O3. The molecule has 1 aromatic rings. The standard InChI is InChI=1S/C9H11FN4O3/c1-9(2)5(10)8(16)14(9)3-4-12-7(6(11)15)17-13-4/h5H,3H2,1-2H3,(H2,11,15). The van der Waals surface area contributed by atoms with Crippen molar-refractivity contribution in [2.45, 2.75) is 32.1 Å². The van der Waals surface area contributed by atoms with E-state index in [1.54, 1.807) is 13.8 Å². The van der Waals surface area contributed by atoms with Gasteiger partial charge in [0.15, 0.2) is 5.82 Å². The van der Waals surface area contributed by atoms with Gasteiger partial charge in [-0.05, 0) is 13.8 Å². The summed E-state index contributed by atoms with van der Waals surface area (Å²) in [6.07, 6.45) is -1.52. The molecule has 8 heteroatoms. The van der Waals surface area contributed by atoms with Gasteiger partial charge in [-0.1, -0.05) is 5.16 Å². The summed E-state index contributed by atoms with van der Waals surface area (Å²) < 4.78 is 17.8. The van der Waals surface area contributed by atoms with Gasteiger partial charge in [-0.2, -0.15) is 4.98 Å². The molecule has 2 N–H and O–H groups in total. The summed E-state index contributed by atoms with van der Waals surface area (Å²) in [5.41, 5.74) is 4.03. The smallest absolute Gasteiger partial charge is 0.315 e. The highest BCUT2D eigenvalue weighted by atomic mass is 19.1. The van der Waals surface area contributed by atoms with Crippen LogP contribution in [0.4, 0.5) is 4.39 Å². The van der Waals surface area contributed by atoms with Gasteiger partial charge < -0.3 is 15.2 Å². The molecule has 1 aliphatic rings. The van der Waals surface area contributed by atoms with Crippen molar-refractivity contribution in [3.8, 4) is 0 Å². The first-order chi connectivity index (χ1) is 7.84. The number of β-lactam (4-membered cyclic amide) rings is 1. The van der Waals surface area contributed by atoms with Crippen molar-refractivity contribution < 1.29 is 18.5 Å². The lowest BCUT2D eigenvalue weighted by atomic mass is 9.86. The fourth-order valence-corrected chi connectivity index (χ4v) is 1.64. The lowest BCUT2D eigenvalue weighted by Crippen LogP contribution is -2.69. The molecule has 1 unspecified atom stereocenters. The van der Waals surface area contributed by atoms with Crippen LogP contribution < -0.4 is 5.73 Å². The quantitative estimate of drug-likeness (QED) is 0.728. The van der Waals surface area contributed by atoms with E-state index in [4.69, 9.17) is 5.73 Å². The summed E-state index contributed by atoms with van der Waals surface area (Å²) in [5, 5.41) is 3.48. The van der Waals surface area contributed by atoms with Crippen LogP contribution in [0.25, 0.3) is 0 Å². The third-order valence-corrected chi connectivity index (χ3v) is 2.78. The minimum Gasteiger partial charge on any atom is -0.361 e. The van der Waals surface area contributed by atoms with E-state index in [1.165, 1.54) is 4.90 Å². The number of halogens is 1. The topological polar surface area (TPSA) is 102 Å². The monoisotopic (exact) mass is 242 g/mol. The number of amides is 2. The van der Waals surface area contributed by atoms with E-state index in [0.717, 1.165) is 0 Å². The maximum atomic E-state index is 13.2. The molecular weight excluding hydrogens is 231 g/mol. The molecule has 0 saturated carbocycles. The predicted octanol–water partition coefficient (Wildman–Crippen LogP) is -0.373. The van der Waals surface area contributed by atoms with E-state index in [2.05, 4.69) is 14.7 Å². The van der Waals surface area contributed by atoms with Gasteiger partial charge in [-0.25, -0.2) is 4.39 Å². The Kier molecular flexibility index (Phi) is 2.37. The molecule has 0 radical (unpaired) electrons. The summed E-state index contributed by atoms with van der Waals surface area (Å²) in [5.74, 6) is -1.68. The van der Waals surface area contributed by atoms with Crippen LogP contribution >= 0.6 is 0 Å². The number of aromatic nitrogens is 2. The predicted molar refractivity (Wildman–Crippen MR) is 52.3 cm³/mol. The fourth-order valence-electron chi connectivity index (χ4n) is 1.64. The highest BCUT2D eigenvalue weighted by Crippen LogP contribution is 2.34. The van der Waals surface area contributed by atoms with Gasteiger partial charge >= 0.3 is 11.8 Å². The Morgan fingerprint density at radius 2 is 2.29 bits per heavy atom. The minimum absolute atomic E-state index is 0.0109. The Hall–Kier alpha value is -1.99. The molecule has 1 fully saturated rings. The van der Waals surface area contributed by atoms with Crippen LogP contribution in [0.5, 0.6) is 0 Å². The lowest BCUT2D eigenvalue weighted by molar-refractivity contribution is -0.171. The first kappa shape index (κ1) is 11.5. The molecule has 2 amide bonds. The molecule has 0 spiro atoms. The molecule has 1 aliphatic heterocycles. The van der Waals surface area contributed by atoms with Crippen LogP contribution in [-0.2, 0) is 11.3 Å². The second kappa shape index (κ2) is 3.51. The molecule has 7 nitrogen and oxygen atoms in total. The van der Waals surface area contributed by atoms with Gasteiger partial charge in [-0.15, -0.1) is 0 Å². The van der Waals surface area contributed by atoms with Crippen LogP contribution in [0.2, 0.25) is 0 Å². The zero-order chi connectivity index (χ0) is 12.8. The number of hydrogen-bond acceptors (Lipinski definition) is 5. The van der Waals surface area contributed by atoms with Crippen molar-refractivity contribution in [2.24, 2.45) is 5.73 Å². The van der Waals surface area contributed by atoms with Crippen LogP contribution in [0.1, 0.15) is 30.4 Å². The Bertz CT molecular complexity index is 484. The zero-order valence-electron chi connectivity index (χ0n) is 9.31. The first-order valence-electron chi connectivity index (χ1n) is 4.92. The number of carbonyl (C=O) groups excluding carboxylic acids is 2. The zero-order valence-corrected chi connectivity index (χ0v) is 9.31. The molecule has 2 rings (SSSR count). The number of nitrogens with zero attached hydrogens (tertiary/aromatic N) is 3. The largest absolute Gasteiger partial charge is 0.361 e. The fraction of sp³-hybridized carbons (Fsp3) is 0.556. The minimum atomic E-state index is -1.52. The normalized spacial score (nSPS) is 22.4. The average molecular weight is 242 g/mol. The van der Waals surface area contributed by atoms with Gasteiger partial charge in [0.05, 0.1) is 12.1 Å². The Morgan fingerprint density at radius 3 is 2.76 bits per heavy atom. The van der Waals surface area contributed by atoms with Crippen molar-refractivity contribution in [3.05, 3.63) is 11.7 Å². The maximum Gasteiger partial charge on any atom is 0.315 e. The van der Waals surface area contributed by atoms with Crippen molar-refractivity contribution in [1.29, 1.82) is 0 Å². The second-order valence-electron chi connectivity index (χ2n) is 4.32.